The van der Waals surface area contributed by atoms with Crippen LogP contribution in [0, 0.1) is 5.82 Å². The minimum Gasteiger partial charge on any atom is -0.444 e. The maximum Gasteiger partial charge on any atom is 0.410 e. The first-order valence-electron chi connectivity index (χ1n) is 8.64. The third-order valence-corrected chi connectivity index (χ3v) is 4.61. The van der Waals surface area contributed by atoms with Gasteiger partial charge in [-0.1, -0.05) is 32.9 Å². The van der Waals surface area contributed by atoms with Gasteiger partial charge in [0.05, 0.1) is 0 Å². The molecule has 0 atom stereocenters. The van der Waals surface area contributed by atoms with Crippen molar-refractivity contribution < 1.29 is 13.9 Å². The minimum atomic E-state index is -0.479. The fraction of sp³-hybridized carbons (Fsp3) is 0.650. The summed E-state index contributed by atoms with van der Waals surface area (Å²) in [5.41, 5.74) is 1.22. The highest BCUT2D eigenvalue weighted by atomic mass is 19.1. The van der Waals surface area contributed by atoms with Crippen LogP contribution in [0.5, 0.6) is 0 Å². The zero-order valence-electron chi connectivity index (χ0n) is 15.9. The molecule has 0 aliphatic heterocycles. The molecule has 0 N–H and O–H groups in total. The lowest BCUT2D eigenvalue weighted by atomic mass is 9.74. The van der Waals surface area contributed by atoms with Crippen LogP contribution >= 0.6 is 0 Å². The fourth-order valence-corrected chi connectivity index (χ4v) is 3.03. The van der Waals surface area contributed by atoms with E-state index < -0.39 is 5.60 Å². The number of carbonyl (C=O) groups is 1. The zero-order chi connectivity index (χ0) is 18.3. The van der Waals surface area contributed by atoms with Crippen molar-refractivity contribution in [1.82, 2.24) is 4.90 Å². The Labute approximate surface area is 145 Å². The van der Waals surface area contributed by atoms with Gasteiger partial charge in [0.15, 0.2) is 0 Å². The Morgan fingerprint density at radius 1 is 1.17 bits per heavy atom. The molecule has 0 spiro atoms. The van der Waals surface area contributed by atoms with Gasteiger partial charge in [0.2, 0.25) is 0 Å². The number of nitrogens with zero attached hydrogens (tertiary/aromatic N) is 1. The summed E-state index contributed by atoms with van der Waals surface area (Å²) in [5, 5.41) is 0. The van der Waals surface area contributed by atoms with Crippen molar-refractivity contribution in [3.8, 4) is 0 Å². The standard InChI is InChI=1S/C20H30FNO2/c1-19(2,3)16-12-13(8-9-17(16)21)14-10-15(11-14)22(7)18(23)24-20(4,5)6/h8-9,12,14-15H,10-11H2,1-7H3. The number of hydrogen-bond donors (Lipinski definition) is 0. The van der Waals surface area contributed by atoms with E-state index in [0.717, 1.165) is 24.0 Å². The number of benzene rings is 1. The Bertz CT molecular complexity index is 607. The van der Waals surface area contributed by atoms with E-state index in [2.05, 4.69) is 0 Å². The Kier molecular flexibility index (Phi) is 4.98. The van der Waals surface area contributed by atoms with Gasteiger partial charge in [-0.2, -0.15) is 0 Å². The highest BCUT2D eigenvalue weighted by Gasteiger charge is 2.37. The molecule has 1 aliphatic rings. The van der Waals surface area contributed by atoms with Crippen LogP contribution in [0.1, 0.15) is 71.4 Å². The van der Waals surface area contributed by atoms with Crippen LogP contribution in [0.2, 0.25) is 0 Å². The number of amides is 1. The molecule has 0 bridgehead atoms. The summed E-state index contributed by atoms with van der Waals surface area (Å²) >= 11 is 0. The first-order chi connectivity index (χ1) is 10.9. The first kappa shape index (κ1) is 18.8. The summed E-state index contributed by atoms with van der Waals surface area (Å²) in [5.74, 6) is 0.231. The molecule has 1 aromatic rings. The molecule has 1 fully saturated rings. The second-order valence-electron chi connectivity index (χ2n) is 8.90. The predicted molar refractivity (Wildman–Crippen MR) is 94.9 cm³/mol. The average molecular weight is 335 g/mol. The lowest BCUT2D eigenvalue weighted by Crippen LogP contribution is -2.46. The lowest BCUT2D eigenvalue weighted by molar-refractivity contribution is 0.0119. The van der Waals surface area contributed by atoms with Gasteiger partial charge in [0, 0.05) is 13.1 Å². The van der Waals surface area contributed by atoms with Crippen LogP contribution < -0.4 is 0 Å². The normalized spacial score (nSPS) is 21.2. The Hall–Kier alpha value is -1.58. The fourth-order valence-electron chi connectivity index (χ4n) is 3.03. The van der Waals surface area contributed by atoms with Gasteiger partial charge in [-0.15, -0.1) is 0 Å². The summed E-state index contributed by atoms with van der Waals surface area (Å²) in [4.78, 5) is 13.8. The van der Waals surface area contributed by atoms with Crippen LogP contribution in [0.25, 0.3) is 0 Å². The summed E-state index contributed by atoms with van der Waals surface area (Å²) in [6, 6.07) is 5.62. The van der Waals surface area contributed by atoms with Gasteiger partial charge in [-0.25, -0.2) is 9.18 Å². The summed E-state index contributed by atoms with van der Waals surface area (Å²) < 4.78 is 19.5. The molecule has 1 aromatic carbocycles. The Morgan fingerprint density at radius 3 is 2.25 bits per heavy atom. The molecule has 0 heterocycles. The third-order valence-electron chi connectivity index (χ3n) is 4.61. The zero-order valence-corrected chi connectivity index (χ0v) is 15.9. The largest absolute Gasteiger partial charge is 0.444 e. The van der Waals surface area contributed by atoms with E-state index in [1.807, 2.05) is 53.7 Å². The first-order valence-corrected chi connectivity index (χ1v) is 8.64. The van der Waals surface area contributed by atoms with Gasteiger partial charge in [-0.05, 0) is 62.1 Å². The molecule has 24 heavy (non-hydrogen) atoms. The molecular formula is C20H30FNO2. The van der Waals surface area contributed by atoms with Gasteiger partial charge < -0.3 is 9.64 Å². The molecule has 0 radical (unpaired) electrons. The molecule has 3 nitrogen and oxygen atoms in total. The van der Waals surface area contributed by atoms with Crippen molar-refractivity contribution in [2.45, 2.75) is 77.4 Å². The topological polar surface area (TPSA) is 29.5 Å². The second-order valence-corrected chi connectivity index (χ2v) is 8.90. The smallest absolute Gasteiger partial charge is 0.410 e. The van der Waals surface area contributed by atoms with Crippen molar-refractivity contribution in [3.05, 3.63) is 35.1 Å². The van der Waals surface area contributed by atoms with E-state index in [-0.39, 0.29) is 23.4 Å². The summed E-state index contributed by atoms with van der Waals surface area (Å²) in [6.45, 7) is 11.7. The third kappa shape index (κ3) is 4.28. The summed E-state index contributed by atoms with van der Waals surface area (Å²) in [7, 11) is 1.79. The van der Waals surface area contributed by atoms with Crippen LogP contribution in [0.4, 0.5) is 9.18 Å². The second kappa shape index (κ2) is 6.38. The van der Waals surface area contributed by atoms with E-state index in [9.17, 15) is 9.18 Å². The van der Waals surface area contributed by atoms with E-state index in [1.54, 1.807) is 18.0 Å². The average Bonchev–Trinajstić information content (AvgIpc) is 2.35. The molecule has 0 saturated heterocycles. The van der Waals surface area contributed by atoms with E-state index in [1.165, 1.54) is 0 Å². The molecule has 1 saturated carbocycles. The van der Waals surface area contributed by atoms with E-state index in [4.69, 9.17) is 4.74 Å². The highest BCUT2D eigenvalue weighted by Crippen LogP contribution is 2.41. The molecule has 1 aliphatic carbocycles. The van der Waals surface area contributed by atoms with E-state index in [0.29, 0.717) is 5.92 Å². The van der Waals surface area contributed by atoms with Gasteiger partial charge in [-0.3, -0.25) is 0 Å². The number of hydrogen-bond acceptors (Lipinski definition) is 2. The lowest BCUT2D eigenvalue weighted by Gasteiger charge is -2.42. The predicted octanol–water partition coefficient (Wildman–Crippen LogP) is 5.24. The number of ether oxygens (including phenoxy) is 1. The van der Waals surface area contributed by atoms with Crippen molar-refractivity contribution in [1.29, 1.82) is 0 Å². The molecule has 2 rings (SSSR count). The van der Waals surface area contributed by atoms with Crippen LogP contribution in [0.3, 0.4) is 0 Å². The highest BCUT2D eigenvalue weighted by molar-refractivity contribution is 5.68. The molecule has 4 heteroatoms. The maximum atomic E-state index is 14.0. The van der Waals surface area contributed by atoms with Gasteiger partial charge >= 0.3 is 6.09 Å². The number of halogens is 1. The van der Waals surface area contributed by atoms with Crippen LogP contribution in [-0.2, 0) is 10.2 Å². The Morgan fingerprint density at radius 2 is 1.75 bits per heavy atom. The van der Waals surface area contributed by atoms with Crippen molar-refractivity contribution in [2.75, 3.05) is 7.05 Å². The van der Waals surface area contributed by atoms with Gasteiger partial charge in [0.1, 0.15) is 11.4 Å². The van der Waals surface area contributed by atoms with E-state index >= 15 is 0 Å². The minimum absolute atomic E-state index is 0.145. The van der Waals surface area contributed by atoms with Crippen LogP contribution in [-0.4, -0.2) is 29.7 Å². The SMILES string of the molecule is CN(C(=O)OC(C)(C)C)C1CC(c2ccc(F)c(C(C)(C)C)c2)C1. The van der Waals surface area contributed by atoms with Crippen LogP contribution in [0.15, 0.2) is 18.2 Å². The maximum absolute atomic E-state index is 14.0. The van der Waals surface area contributed by atoms with Crippen molar-refractivity contribution in [2.24, 2.45) is 0 Å². The monoisotopic (exact) mass is 335 g/mol. The van der Waals surface area contributed by atoms with Crippen molar-refractivity contribution >= 4 is 6.09 Å². The quantitative estimate of drug-likeness (QED) is 0.740. The van der Waals surface area contributed by atoms with Crippen molar-refractivity contribution in [3.63, 3.8) is 0 Å². The molecule has 0 aromatic heterocycles. The molecule has 1 amide bonds. The molecule has 134 valence electrons. The molecule has 0 unspecified atom stereocenters. The molecular weight excluding hydrogens is 305 g/mol. The van der Waals surface area contributed by atoms with Gasteiger partial charge in [0.25, 0.3) is 0 Å². The number of rotatable bonds is 2. The Balaban J connectivity index is 2.01. The summed E-state index contributed by atoms with van der Waals surface area (Å²) in [6.07, 6.45) is 1.51. The number of carbonyl (C=O) groups excluding carboxylic acids is 1.